The van der Waals surface area contributed by atoms with Crippen LogP contribution in [0.4, 0.5) is 11.6 Å². The first-order valence-corrected chi connectivity index (χ1v) is 14.3. The molecule has 214 valence electrons. The van der Waals surface area contributed by atoms with E-state index in [4.69, 9.17) is 22.2 Å². The maximum absolute atomic E-state index is 6.16. The highest BCUT2D eigenvalue weighted by Crippen LogP contribution is 2.31. The molecule has 0 radical (unpaired) electrons. The molecule has 0 saturated heterocycles. The van der Waals surface area contributed by atoms with E-state index >= 15 is 0 Å². The number of nitrogens with one attached hydrogen (secondary N) is 1. The molecule has 0 bridgehead atoms. The third-order valence-electron chi connectivity index (χ3n) is 6.41. The van der Waals surface area contributed by atoms with Crippen LogP contribution in [0.2, 0.25) is 0 Å². The Bertz CT molecular complexity index is 1830. The summed E-state index contributed by atoms with van der Waals surface area (Å²) < 4.78 is 8.30. The Hall–Kier alpha value is -3.86. The van der Waals surface area contributed by atoms with Gasteiger partial charge < -0.3 is 22.5 Å². The van der Waals surface area contributed by atoms with Crippen molar-refractivity contribution in [2.24, 2.45) is 19.8 Å². The third-order valence-corrected chi connectivity index (χ3v) is 8.13. The van der Waals surface area contributed by atoms with Gasteiger partial charge in [-0.05, 0) is 45.5 Å². The minimum atomic E-state index is 0.511. The first-order valence-electron chi connectivity index (χ1n) is 12.7. The van der Waals surface area contributed by atoms with Crippen LogP contribution < -0.4 is 22.5 Å². The predicted molar refractivity (Wildman–Crippen MR) is 165 cm³/mol. The number of hydrogen-bond acceptors (Lipinski definition) is 10. The molecule has 0 atom stereocenters. The molecule has 6 aromatic heterocycles. The van der Waals surface area contributed by atoms with E-state index in [0.29, 0.717) is 30.2 Å². The monoisotopic (exact) mass is 684 g/mol. The van der Waals surface area contributed by atoms with E-state index in [1.165, 1.54) is 0 Å². The second-order valence-electron chi connectivity index (χ2n) is 9.30. The van der Waals surface area contributed by atoms with Gasteiger partial charge in [-0.25, -0.2) is 9.97 Å². The highest BCUT2D eigenvalue weighted by Gasteiger charge is 2.18. The van der Waals surface area contributed by atoms with Crippen LogP contribution in [0.3, 0.4) is 0 Å². The molecule has 6 heterocycles. The number of aryl methyl sites for hydroxylation is 2. The molecular formula is C25H30Br2N14. The molecule has 0 unspecified atom stereocenters. The average molecular weight is 686 g/mol. The number of nitrogens with two attached hydrogens (primary N) is 3. The van der Waals surface area contributed by atoms with Gasteiger partial charge in [-0.1, -0.05) is 0 Å². The van der Waals surface area contributed by atoms with E-state index in [9.17, 15) is 0 Å². The maximum Gasteiger partial charge on any atom is 0.165 e. The topological polar surface area (TPSA) is 186 Å². The Kier molecular flexibility index (Phi) is 8.35. The standard InChI is InChI=1S/C13H16BrN7.C12H14BrN7/c1-16-4-3-10-11(14)12(15)21-13(19-10)9(6-18-21)8-5-17-20(2)7-8;1-19-6-7(4-16-19)8-5-17-20-11(15)10(13)9(2-3-14)18-12(8)20/h5-7,16H,3-4,15H2,1-2H3;4-6H,2-3,14-15H2,1H3. The van der Waals surface area contributed by atoms with Gasteiger partial charge in [0.05, 0.1) is 45.1 Å². The van der Waals surface area contributed by atoms with Gasteiger partial charge in [0.15, 0.2) is 11.3 Å². The molecule has 0 aliphatic carbocycles. The molecule has 0 aliphatic heterocycles. The number of anilines is 2. The largest absolute Gasteiger partial charge is 0.383 e. The van der Waals surface area contributed by atoms with Gasteiger partial charge in [0, 0.05) is 68.1 Å². The lowest BCUT2D eigenvalue weighted by atomic mass is 10.2. The Morgan fingerprint density at radius 1 is 0.732 bits per heavy atom. The van der Waals surface area contributed by atoms with Crippen LogP contribution in [0.5, 0.6) is 0 Å². The Morgan fingerprint density at radius 3 is 1.59 bits per heavy atom. The van der Waals surface area contributed by atoms with Gasteiger partial charge in [0.25, 0.3) is 0 Å². The molecule has 6 rings (SSSR count). The Balaban J connectivity index is 0.000000165. The first kappa shape index (κ1) is 28.7. The van der Waals surface area contributed by atoms with Crippen LogP contribution in [0.25, 0.3) is 33.5 Å². The van der Waals surface area contributed by atoms with Gasteiger partial charge in [-0.2, -0.15) is 29.4 Å². The summed E-state index contributed by atoms with van der Waals surface area (Å²) in [6, 6.07) is 0. The summed E-state index contributed by atoms with van der Waals surface area (Å²) >= 11 is 6.96. The van der Waals surface area contributed by atoms with Crippen molar-refractivity contribution in [2.45, 2.75) is 12.8 Å². The SMILES string of the molecule is CNCCc1nc2c(-c3cnn(C)c3)cnn2c(N)c1Br.Cn1cc(-c2cnn3c(N)c(Br)c(CCN)nc23)cn1. The molecular weight excluding hydrogens is 656 g/mol. The predicted octanol–water partition coefficient (Wildman–Crippen LogP) is 2.21. The highest BCUT2D eigenvalue weighted by molar-refractivity contribution is 9.11. The van der Waals surface area contributed by atoms with Crippen molar-refractivity contribution < 1.29 is 0 Å². The molecule has 0 saturated carbocycles. The van der Waals surface area contributed by atoms with Crippen molar-refractivity contribution in [2.75, 3.05) is 31.6 Å². The quantitative estimate of drug-likeness (QED) is 0.194. The van der Waals surface area contributed by atoms with Crippen LogP contribution in [0, 0.1) is 0 Å². The summed E-state index contributed by atoms with van der Waals surface area (Å²) in [7, 11) is 5.66. The minimum Gasteiger partial charge on any atom is -0.383 e. The minimum absolute atomic E-state index is 0.511. The summed E-state index contributed by atoms with van der Waals surface area (Å²) in [4.78, 5) is 9.34. The zero-order valence-electron chi connectivity index (χ0n) is 22.8. The van der Waals surface area contributed by atoms with Crippen molar-refractivity contribution in [3.63, 3.8) is 0 Å². The normalized spacial score (nSPS) is 11.4. The molecule has 0 aromatic carbocycles. The number of nitrogens with zero attached hydrogens (tertiary/aromatic N) is 10. The van der Waals surface area contributed by atoms with Crippen molar-refractivity contribution >= 4 is 54.8 Å². The second-order valence-corrected chi connectivity index (χ2v) is 10.9. The van der Waals surface area contributed by atoms with Crippen LogP contribution in [0.1, 0.15) is 11.4 Å². The van der Waals surface area contributed by atoms with Gasteiger partial charge in [0.1, 0.15) is 11.6 Å². The molecule has 7 N–H and O–H groups in total. The van der Waals surface area contributed by atoms with Crippen LogP contribution in [0.15, 0.2) is 46.1 Å². The number of halogens is 2. The molecule has 0 fully saturated rings. The average Bonchev–Trinajstić information content (AvgIpc) is 3.75. The third kappa shape index (κ3) is 5.55. The fourth-order valence-corrected chi connectivity index (χ4v) is 5.24. The van der Waals surface area contributed by atoms with Crippen molar-refractivity contribution in [3.8, 4) is 22.3 Å². The van der Waals surface area contributed by atoms with Gasteiger partial charge in [-0.15, -0.1) is 0 Å². The first-order chi connectivity index (χ1) is 19.7. The van der Waals surface area contributed by atoms with Crippen molar-refractivity contribution in [1.82, 2.24) is 54.1 Å². The summed E-state index contributed by atoms with van der Waals surface area (Å²) in [5, 5.41) is 20.1. The molecule has 16 heteroatoms. The summed E-state index contributed by atoms with van der Waals surface area (Å²) in [5.74, 6) is 1.08. The Morgan fingerprint density at radius 2 is 1.20 bits per heavy atom. The van der Waals surface area contributed by atoms with Crippen molar-refractivity contribution in [1.29, 1.82) is 0 Å². The second kappa shape index (κ2) is 11.9. The fraction of sp³-hybridized carbons (Fsp3) is 0.280. The summed E-state index contributed by atoms with van der Waals surface area (Å²) in [6.45, 7) is 1.34. The van der Waals surface area contributed by atoms with E-state index in [1.807, 2.05) is 33.5 Å². The number of aromatic nitrogens is 10. The van der Waals surface area contributed by atoms with Crippen LogP contribution in [-0.2, 0) is 26.9 Å². The maximum atomic E-state index is 6.16. The van der Waals surface area contributed by atoms with E-state index in [-0.39, 0.29) is 0 Å². The van der Waals surface area contributed by atoms with Gasteiger partial charge >= 0.3 is 0 Å². The van der Waals surface area contributed by atoms with Gasteiger partial charge in [-0.3, -0.25) is 9.36 Å². The van der Waals surface area contributed by atoms with E-state index in [1.54, 1.807) is 43.2 Å². The number of nitrogen functional groups attached to an aromatic ring is 2. The van der Waals surface area contributed by atoms with E-state index < -0.39 is 0 Å². The summed E-state index contributed by atoms with van der Waals surface area (Å²) in [6.07, 6.45) is 12.4. The number of rotatable bonds is 7. The molecule has 0 spiro atoms. The fourth-order valence-electron chi connectivity index (χ4n) is 4.33. The lowest BCUT2D eigenvalue weighted by Crippen LogP contribution is -2.13. The lowest BCUT2D eigenvalue weighted by molar-refractivity contribution is 0.768. The van der Waals surface area contributed by atoms with E-state index in [0.717, 1.165) is 61.2 Å². The van der Waals surface area contributed by atoms with Crippen LogP contribution >= 0.6 is 31.9 Å². The molecule has 0 amide bonds. The van der Waals surface area contributed by atoms with E-state index in [2.05, 4.69) is 62.6 Å². The molecule has 14 nitrogen and oxygen atoms in total. The molecule has 6 aromatic rings. The number of fused-ring (bicyclic) bond motifs is 2. The highest BCUT2D eigenvalue weighted by atomic mass is 79.9. The smallest absolute Gasteiger partial charge is 0.165 e. The van der Waals surface area contributed by atoms with Crippen molar-refractivity contribution in [3.05, 3.63) is 57.5 Å². The number of likely N-dealkylation sites (N-methyl/N-ethyl adjacent to an activating group) is 1. The Labute approximate surface area is 252 Å². The molecule has 0 aliphatic rings. The zero-order valence-corrected chi connectivity index (χ0v) is 25.9. The molecule has 41 heavy (non-hydrogen) atoms. The summed E-state index contributed by atoms with van der Waals surface area (Å²) in [5.41, 5.74) is 24.8. The van der Waals surface area contributed by atoms with Crippen LogP contribution in [-0.4, -0.2) is 68.9 Å². The lowest BCUT2D eigenvalue weighted by Gasteiger charge is -2.08. The van der Waals surface area contributed by atoms with Gasteiger partial charge in [0.2, 0.25) is 0 Å². The number of hydrogen-bond donors (Lipinski definition) is 4. The zero-order chi connectivity index (χ0) is 29.3.